The Bertz CT molecular complexity index is 440. The van der Waals surface area contributed by atoms with E-state index < -0.39 is 6.04 Å². The van der Waals surface area contributed by atoms with Crippen LogP contribution in [0.3, 0.4) is 0 Å². The van der Waals surface area contributed by atoms with Gasteiger partial charge in [-0.05, 0) is 24.0 Å². The molecule has 0 bridgehead atoms. The second-order valence-corrected chi connectivity index (χ2v) is 5.45. The standard InChI is InChI=1S/C14H20Cl2N2O.ClH/c1-3-9(2)13(17)14(19)18-8-7-10-5-4-6-11(15)12(10)16;/h4-6,9,13H,3,7-8,17H2,1-2H3,(H,18,19);1H. The molecule has 0 spiro atoms. The molecule has 0 fully saturated rings. The van der Waals surface area contributed by atoms with Crippen molar-refractivity contribution in [2.75, 3.05) is 6.54 Å². The Morgan fingerprint density at radius 1 is 1.40 bits per heavy atom. The Labute approximate surface area is 136 Å². The van der Waals surface area contributed by atoms with E-state index in [4.69, 9.17) is 28.9 Å². The van der Waals surface area contributed by atoms with Crippen LogP contribution in [0.2, 0.25) is 10.0 Å². The molecule has 0 aromatic heterocycles. The number of amides is 1. The van der Waals surface area contributed by atoms with Crippen LogP contribution in [-0.4, -0.2) is 18.5 Å². The second-order valence-electron chi connectivity index (χ2n) is 4.67. The zero-order chi connectivity index (χ0) is 14.4. The van der Waals surface area contributed by atoms with Gasteiger partial charge in [-0.1, -0.05) is 55.6 Å². The zero-order valence-electron chi connectivity index (χ0n) is 11.7. The topological polar surface area (TPSA) is 55.1 Å². The summed E-state index contributed by atoms with van der Waals surface area (Å²) in [5.74, 6) is 0.0576. The molecular weight excluding hydrogens is 319 g/mol. The summed E-state index contributed by atoms with van der Waals surface area (Å²) >= 11 is 12.0. The van der Waals surface area contributed by atoms with Gasteiger partial charge in [0.2, 0.25) is 5.91 Å². The summed E-state index contributed by atoms with van der Waals surface area (Å²) < 4.78 is 0. The minimum absolute atomic E-state index is 0. The van der Waals surface area contributed by atoms with E-state index in [0.29, 0.717) is 23.0 Å². The van der Waals surface area contributed by atoms with Crippen molar-refractivity contribution in [3.05, 3.63) is 33.8 Å². The van der Waals surface area contributed by atoms with E-state index in [0.717, 1.165) is 12.0 Å². The summed E-state index contributed by atoms with van der Waals surface area (Å²) in [6.07, 6.45) is 1.52. The summed E-state index contributed by atoms with van der Waals surface area (Å²) in [5.41, 5.74) is 6.77. The van der Waals surface area contributed by atoms with E-state index in [1.165, 1.54) is 0 Å². The number of rotatable bonds is 6. The van der Waals surface area contributed by atoms with Crippen molar-refractivity contribution in [2.24, 2.45) is 11.7 Å². The largest absolute Gasteiger partial charge is 0.354 e. The summed E-state index contributed by atoms with van der Waals surface area (Å²) in [7, 11) is 0. The molecule has 114 valence electrons. The van der Waals surface area contributed by atoms with Crippen LogP contribution in [0.15, 0.2) is 18.2 Å². The van der Waals surface area contributed by atoms with Gasteiger partial charge in [0.15, 0.2) is 0 Å². The normalized spacial score (nSPS) is 13.2. The van der Waals surface area contributed by atoms with Gasteiger partial charge in [-0.15, -0.1) is 12.4 Å². The summed E-state index contributed by atoms with van der Waals surface area (Å²) in [4.78, 5) is 11.8. The van der Waals surface area contributed by atoms with E-state index in [1.54, 1.807) is 6.07 Å². The summed E-state index contributed by atoms with van der Waals surface area (Å²) in [6, 6.07) is 5.02. The fourth-order valence-corrected chi connectivity index (χ4v) is 2.11. The van der Waals surface area contributed by atoms with Gasteiger partial charge in [-0.2, -0.15) is 0 Å². The minimum atomic E-state index is -0.458. The molecule has 1 amide bonds. The number of hydrogen-bond donors (Lipinski definition) is 2. The maximum absolute atomic E-state index is 11.8. The van der Waals surface area contributed by atoms with Crippen LogP contribution in [0.1, 0.15) is 25.8 Å². The Morgan fingerprint density at radius 2 is 2.05 bits per heavy atom. The average Bonchev–Trinajstić information content (AvgIpc) is 2.41. The van der Waals surface area contributed by atoms with Gasteiger partial charge in [-0.25, -0.2) is 0 Å². The zero-order valence-corrected chi connectivity index (χ0v) is 14.0. The van der Waals surface area contributed by atoms with Crippen LogP contribution in [0.5, 0.6) is 0 Å². The Hall–Kier alpha value is -0.480. The van der Waals surface area contributed by atoms with Crippen LogP contribution in [-0.2, 0) is 11.2 Å². The van der Waals surface area contributed by atoms with Gasteiger partial charge in [0.25, 0.3) is 0 Å². The fourth-order valence-electron chi connectivity index (χ4n) is 1.69. The summed E-state index contributed by atoms with van der Waals surface area (Å²) in [5, 5.41) is 3.90. The highest BCUT2D eigenvalue weighted by Gasteiger charge is 2.18. The predicted octanol–water partition coefficient (Wildman–Crippen LogP) is 3.45. The summed E-state index contributed by atoms with van der Waals surface area (Å²) in [6.45, 7) is 4.49. The lowest BCUT2D eigenvalue weighted by Crippen LogP contribution is -2.45. The monoisotopic (exact) mass is 338 g/mol. The Balaban J connectivity index is 0.00000361. The molecule has 0 saturated heterocycles. The van der Waals surface area contributed by atoms with Crippen molar-refractivity contribution in [2.45, 2.75) is 32.7 Å². The third-order valence-corrected chi connectivity index (χ3v) is 4.14. The van der Waals surface area contributed by atoms with Gasteiger partial charge < -0.3 is 11.1 Å². The van der Waals surface area contributed by atoms with Crippen molar-refractivity contribution < 1.29 is 4.79 Å². The van der Waals surface area contributed by atoms with Crippen LogP contribution < -0.4 is 11.1 Å². The van der Waals surface area contributed by atoms with Gasteiger partial charge >= 0.3 is 0 Å². The molecule has 0 radical (unpaired) electrons. The molecule has 1 aromatic rings. The van der Waals surface area contributed by atoms with E-state index in [2.05, 4.69) is 5.32 Å². The highest BCUT2D eigenvalue weighted by molar-refractivity contribution is 6.42. The third kappa shape index (κ3) is 5.49. The first-order valence-corrected chi connectivity index (χ1v) is 7.19. The molecule has 0 saturated carbocycles. The van der Waals surface area contributed by atoms with Gasteiger partial charge in [0.05, 0.1) is 16.1 Å². The number of nitrogens with two attached hydrogens (primary N) is 1. The molecular formula is C14H21Cl3N2O. The number of nitrogens with one attached hydrogen (secondary N) is 1. The van der Waals surface area contributed by atoms with Crippen molar-refractivity contribution in [3.8, 4) is 0 Å². The molecule has 0 heterocycles. The molecule has 1 rings (SSSR count). The molecule has 0 aliphatic rings. The Morgan fingerprint density at radius 3 is 2.65 bits per heavy atom. The lowest BCUT2D eigenvalue weighted by molar-refractivity contribution is -0.123. The predicted molar refractivity (Wildman–Crippen MR) is 87.9 cm³/mol. The van der Waals surface area contributed by atoms with E-state index in [1.807, 2.05) is 26.0 Å². The first-order valence-electron chi connectivity index (χ1n) is 6.43. The average molecular weight is 340 g/mol. The van der Waals surface area contributed by atoms with Crippen molar-refractivity contribution in [1.82, 2.24) is 5.32 Å². The molecule has 0 aliphatic carbocycles. The lowest BCUT2D eigenvalue weighted by atomic mass is 9.99. The molecule has 3 N–H and O–H groups in total. The minimum Gasteiger partial charge on any atom is -0.354 e. The Kier molecular flexibility index (Phi) is 9.23. The van der Waals surface area contributed by atoms with Gasteiger partial charge in [0.1, 0.15) is 0 Å². The number of halogens is 3. The number of benzene rings is 1. The molecule has 0 aliphatic heterocycles. The van der Waals surface area contributed by atoms with Crippen LogP contribution in [0, 0.1) is 5.92 Å². The van der Waals surface area contributed by atoms with E-state index >= 15 is 0 Å². The molecule has 20 heavy (non-hydrogen) atoms. The lowest BCUT2D eigenvalue weighted by Gasteiger charge is -2.17. The molecule has 6 heteroatoms. The second kappa shape index (κ2) is 9.46. The SMILES string of the molecule is CCC(C)C(N)C(=O)NCCc1cccc(Cl)c1Cl.Cl. The smallest absolute Gasteiger partial charge is 0.237 e. The first kappa shape index (κ1) is 19.5. The van der Waals surface area contributed by atoms with Gasteiger partial charge in [0, 0.05) is 6.54 Å². The van der Waals surface area contributed by atoms with Crippen molar-refractivity contribution >= 4 is 41.5 Å². The maximum Gasteiger partial charge on any atom is 0.237 e. The fraction of sp³-hybridized carbons (Fsp3) is 0.500. The van der Waals surface area contributed by atoms with Crippen molar-refractivity contribution in [3.63, 3.8) is 0 Å². The first-order chi connectivity index (χ1) is 8.97. The third-order valence-electron chi connectivity index (χ3n) is 3.28. The molecule has 2 atom stereocenters. The van der Waals surface area contributed by atoms with Crippen LogP contribution in [0.4, 0.5) is 0 Å². The molecule has 3 nitrogen and oxygen atoms in total. The number of carbonyl (C=O) groups excluding carboxylic acids is 1. The van der Waals surface area contributed by atoms with Crippen molar-refractivity contribution in [1.29, 1.82) is 0 Å². The molecule has 2 unspecified atom stereocenters. The number of carbonyl (C=O) groups is 1. The number of hydrogen-bond acceptors (Lipinski definition) is 2. The maximum atomic E-state index is 11.8. The van der Waals surface area contributed by atoms with Gasteiger partial charge in [-0.3, -0.25) is 4.79 Å². The highest BCUT2D eigenvalue weighted by Crippen LogP contribution is 2.25. The van der Waals surface area contributed by atoms with E-state index in [-0.39, 0.29) is 24.2 Å². The highest BCUT2D eigenvalue weighted by atomic mass is 35.5. The van der Waals surface area contributed by atoms with E-state index in [9.17, 15) is 4.79 Å². The quantitative estimate of drug-likeness (QED) is 0.834. The molecule has 1 aromatic carbocycles. The van der Waals surface area contributed by atoms with Crippen LogP contribution >= 0.6 is 35.6 Å². The van der Waals surface area contributed by atoms with Crippen LogP contribution in [0.25, 0.3) is 0 Å².